The molecule has 5 nitrogen and oxygen atoms in total. The lowest BCUT2D eigenvalue weighted by Gasteiger charge is -2.13. The molecule has 5 heteroatoms. The van der Waals surface area contributed by atoms with Crippen LogP contribution in [0.5, 0.6) is 0 Å². The molecule has 0 saturated carbocycles. The molecule has 0 aliphatic carbocycles. The summed E-state index contributed by atoms with van der Waals surface area (Å²) in [5.74, 6) is -0.0723. The molecule has 0 spiro atoms. The number of urea groups is 1. The number of rotatable bonds is 4. The van der Waals surface area contributed by atoms with Crippen LogP contribution in [-0.4, -0.2) is 11.9 Å². The fourth-order valence-corrected chi connectivity index (χ4v) is 2.06. The van der Waals surface area contributed by atoms with Crippen molar-refractivity contribution in [2.24, 2.45) is 0 Å². The molecule has 0 fully saturated rings. The maximum absolute atomic E-state index is 11.9. The first kappa shape index (κ1) is 15.6. The molecule has 114 valence electrons. The third-order valence-electron chi connectivity index (χ3n) is 3.12. The zero-order chi connectivity index (χ0) is 15.9. The van der Waals surface area contributed by atoms with Crippen LogP contribution in [0.15, 0.2) is 54.6 Å². The molecule has 2 rings (SSSR count). The second kappa shape index (κ2) is 7.26. The molecule has 0 aromatic heterocycles. The van der Waals surface area contributed by atoms with Gasteiger partial charge in [-0.05, 0) is 36.8 Å². The lowest BCUT2D eigenvalue weighted by Crippen LogP contribution is -2.23. The highest BCUT2D eigenvalue weighted by molar-refractivity contribution is 5.99. The first-order chi connectivity index (χ1) is 10.5. The van der Waals surface area contributed by atoms with Gasteiger partial charge in [-0.25, -0.2) is 4.79 Å². The molecular weight excluding hydrogens is 278 g/mol. The van der Waals surface area contributed by atoms with Crippen LogP contribution in [0, 0.1) is 0 Å². The van der Waals surface area contributed by atoms with Gasteiger partial charge in [0.2, 0.25) is 5.91 Å². The second-order valence-corrected chi connectivity index (χ2v) is 4.99. The Balaban J connectivity index is 1.93. The largest absolute Gasteiger partial charge is 0.350 e. The number of nitrogens with one attached hydrogen (secondary N) is 3. The Hall–Kier alpha value is -2.82. The van der Waals surface area contributed by atoms with Gasteiger partial charge < -0.3 is 16.0 Å². The lowest BCUT2D eigenvalue weighted by molar-refractivity contribution is -0.119. The summed E-state index contributed by atoms with van der Waals surface area (Å²) in [6.45, 7) is 3.40. The minimum Gasteiger partial charge on any atom is -0.350 e. The summed E-state index contributed by atoms with van der Waals surface area (Å²) in [5, 5.41) is 8.32. The zero-order valence-electron chi connectivity index (χ0n) is 12.6. The van der Waals surface area contributed by atoms with Gasteiger partial charge in [0.1, 0.15) is 0 Å². The summed E-state index contributed by atoms with van der Waals surface area (Å²) in [7, 11) is 0. The molecule has 3 amide bonds. The van der Waals surface area contributed by atoms with E-state index in [0.717, 1.165) is 11.3 Å². The molecule has 1 atom stereocenters. The molecule has 2 aromatic rings. The van der Waals surface area contributed by atoms with Gasteiger partial charge in [0, 0.05) is 18.3 Å². The van der Waals surface area contributed by atoms with Gasteiger partial charge in [-0.3, -0.25) is 4.79 Å². The molecule has 3 N–H and O–H groups in total. The van der Waals surface area contributed by atoms with Gasteiger partial charge in [-0.15, -0.1) is 0 Å². The Morgan fingerprint density at radius 3 is 1.95 bits per heavy atom. The van der Waals surface area contributed by atoms with Crippen LogP contribution in [-0.2, 0) is 4.79 Å². The van der Waals surface area contributed by atoms with E-state index in [4.69, 9.17) is 0 Å². The van der Waals surface area contributed by atoms with Crippen LogP contribution in [0.2, 0.25) is 0 Å². The number of carbonyl (C=O) groups is 2. The van der Waals surface area contributed by atoms with Gasteiger partial charge in [-0.2, -0.15) is 0 Å². The normalized spacial score (nSPS) is 11.4. The van der Waals surface area contributed by atoms with E-state index in [1.54, 1.807) is 12.1 Å². The van der Waals surface area contributed by atoms with Crippen LogP contribution in [0.25, 0.3) is 0 Å². The van der Waals surface area contributed by atoms with Gasteiger partial charge in [0.15, 0.2) is 0 Å². The van der Waals surface area contributed by atoms with E-state index < -0.39 is 0 Å². The molecule has 0 bridgehead atoms. The van der Waals surface area contributed by atoms with Crippen molar-refractivity contribution in [3.8, 4) is 0 Å². The Kier molecular flexibility index (Phi) is 5.14. The number of benzene rings is 2. The average molecular weight is 297 g/mol. The van der Waals surface area contributed by atoms with E-state index in [9.17, 15) is 9.59 Å². The summed E-state index contributed by atoms with van der Waals surface area (Å²) in [6, 6.07) is 16.2. The smallest absolute Gasteiger partial charge is 0.323 e. The van der Waals surface area contributed by atoms with Crippen molar-refractivity contribution in [1.29, 1.82) is 0 Å². The third-order valence-corrected chi connectivity index (χ3v) is 3.12. The van der Waals surface area contributed by atoms with Crippen LogP contribution < -0.4 is 16.0 Å². The first-order valence-corrected chi connectivity index (χ1v) is 7.04. The molecule has 0 radical (unpaired) electrons. The van der Waals surface area contributed by atoms with E-state index in [-0.39, 0.29) is 18.0 Å². The Morgan fingerprint density at radius 1 is 0.864 bits per heavy atom. The SMILES string of the molecule is CC(=O)N[C@H](C)c1ccc(NC(=O)Nc2ccccc2)cc1. The highest BCUT2D eigenvalue weighted by atomic mass is 16.2. The monoisotopic (exact) mass is 297 g/mol. The fourth-order valence-electron chi connectivity index (χ4n) is 2.06. The lowest BCUT2D eigenvalue weighted by atomic mass is 10.1. The molecule has 22 heavy (non-hydrogen) atoms. The minimum atomic E-state index is -0.297. The van der Waals surface area contributed by atoms with E-state index in [1.165, 1.54) is 6.92 Å². The number of anilines is 2. The van der Waals surface area contributed by atoms with E-state index in [0.29, 0.717) is 5.69 Å². The highest BCUT2D eigenvalue weighted by Gasteiger charge is 2.07. The number of amides is 3. The van der Waals surface area contributed by atoms with E-state index in [1.807, 2.05) is 49.4 Å². The van der Waals surface area contributed by atoms with E-state index >= 15 is 0 Å². The minimum absolute atomic E-state index is 0.0651. The molecule has 0 saturated heterocycles. The predicted octanol–water partition coefficient (Wildman–Crippen LogP) is 3.53. The van der Waals surface area contributed by atoms with Gasteiger partial charge in [0.05, 0.1) is 6.04 Å². The van der Waals surface area contributed by atoms with Crippen molar-refractivity contribution in [2.45, 2.75) is 19.9 Å². The van der Waals surface area contributed by atoms with Gasteiger partial charge in [-0.1, -0.05) is 30.3 Å². The number of carbonyl (C=O) groups excluding carboxylic acids is 2. The van der Waals surface area contributed by atoms with Gasteiger partial charge in [0.25, 0.3) is 0 Å². The van der Waals surface area contributed by atoms with Crippen LogP contribution in [0.4, 0.5) is 16.2 Å². The average Bonchev–Trinajstić information content (AvgIpc) is 2.48. The van der Waals surface area contributed by atoms with Crippen molar-refractivity contribution < 1.29 is 9.59 Å². The Labute approximate surface area is 129 Å². The zero-order valence-corrected chi connectivity index (χ0v) is 12.6. The standard InChI is InChI=1S/C17H19N3O2/c1-12(18-13(2)21)14-8-10-16(11-9-14)20-17(22)19-15-6-4-3-5-7-15/h3-12H,1-2H3,(H,18,21)(H2,19,20,22)/t12-/m1/s1. The van der Waals surface area contributed by atoms with Crippen molar-refractivity contribution in [3.05, 3.63) is 60.2 Å². The summed E-state index contributed by atoms with van der Waals surface area (Å²) in [4.78, 5) is 22.9. The maximum atomic E-state index is 11.9. The predicted molar refractivity (Wildman–Crippen MR) is 87.8 cm³/mol. The molecule has 0 aliphatic rings. The maximum Gasteiger partial charge on any atom is 0.323 e. The van der Waals surface area contributed by atoms with Crippen molar-refractivity contribution in [2.75, 3.05) is 10.6 Å². The third kappa shape index (κ3) is 4.63. The molecule has 0 aliphatic heterocycles. The van der Waals surface area contributed by atoms with Crippen molar-refractivity contribution in [1.82, 2.24) is 5.32 Å². The molecule has 0 heterocycles. The Morgan fingerprint density at radius 2 is 1.41 bits per heavy atom. The summed E-state index contributed by atoms with van der Waals surface area (Å²) < 4.78 is 0. The topological polar surface area (TPSA) is 70.2 Å². The summed E-state index contributed by atoms with van der Waals surface area (Å²) >= 11 is 0. The van der Waals surface area contributed by atoms with Crippen LogP contribution in [0.3, 0.4) is 0 Å². The molecule has 2 aromatic carbocycles. The van der Waals surface area contributed by atoms with Crippen LogP contribution >= 0.6 is 0 Å². The summed E-state index contributed by atoms with van der Waals surface area (Å²) in [5.41, 5.74) is 2.40. The summed E-state index contributed by atoms with van der Waals surface area (Å²) in [6.07, 6.45) is 0. The number of para-hydroxylation sites is 1. The van der Waals surface area contributed by atoms with Gasteiger partial charge >= 0.3 is 6.03 Å². The van der Waals surface area contributed by atoms with Crippen LogP contribution in [0.1, 0.15) is 25.5 Å². The van der Waals surface area contributed by atoms with Crippen molar-refractivity contribution >= 4 is 23.3 Å². The number of hydrogen-bond acceptors (Lipinski definition) is 2. The quantitative estimate of drug-likeness (QED) is 0.808. The highest BCUT2D eigenvalue weighted by Crippen LogP contribution is 2.16. The number of hydrogen-bond donors (Lipinski definition) is 3. The van der Waals surface area contributed by atoms with Crippen molar-refractivity contribution in [3.63, 3.8) is 0 Å². The molecule has 0 unspecified atom stereocenters. The fraction of sp³-hybridized carbons (Fsp3) is 0.176. The first-order valence-electron chi connectivity index (χ1n) is 7.04. The Bertz CT molecular complexity index is 639. The second-order valence-electron chi connectivity index (χ2n) is 4.99. The molecular formula is C17H19N3O2. The van der Waals surface area contributed by atoms with E-state index in [2.05, 4.69) is 16.0 Å².